The van der Waals surface area contributed by atoms with Gasteiger partial charge in [-0.2, -0.15) is 0 Å². The van der Waals surface area contributed by atoms with Crippen molar-refractivity contribution in [2.45, 2.75) is 39.5 Å². The highest BCUT2D eigenvalue weighted by Gasteiger charge is 2.30. The number of carbonyl (C=O) groups excluding carboxylic acids is 3. The van der Waals surface area contributed by atoms with Gasteiger partial charge in [0.05, 0.1) is 5.56 Å². The number of benzene rings is 1. The maximum atomic E-state index is 12.9. The fourth-order valence-corrected chi connectivity index (χ4v) is 5.12. The second kappa shape index (κ2) is 7.99. The Morgan fingerprint density at radius 1 is 1.17 bits per heavy atom. The maximum absolute atomic E-state index is 12.9. The number of thiophene rings is 1. The molecule has 0 unspecified atom stereocenters. The molecular formula is C22H24N2O4S. The van der Waals surface area contributed by atoms with Crippen molar-refractivity contribution in [3.63, 3.8) is 0 Å². The number of fused-ring (bicyclic) bond motifs is 2. The van der Waals surface area contributed by atoms with Crippen molar-refractivity contribution < 1.29 is 19.1 Å². The quantitative estimate of drug-likeness (QED) is 0.762. The first-order valence-corrected chi connectivity index (χ1v) is 10.8. The van der Waals surface area contributed by atoms with E-state index in [-0.39, 0.29) is 24.3 Å². The molecule has 0 radical (unpaired) electrons. The Kier molecular flexibility index (Phi) is 5.41. The van der Waals surface area contributed by atoms with Gasteiger partial charge in [0, 0.05) is 23.0 Å². The molecule has 2 aromatic rings. The average Bonchev–Trinajstić information content (AvgIpc) is 3.39. The molecule has 2 amide bonds. The molecule has 1 aromatic heterocycles. The lowest BCUT2D eigenvalue weighted by atomic mass is 10.1. The molecule has 0 spiro atoms. The average molecular weight is 413 g/mol. The number of anilines is 2. The van der Waals surface area contributed by atoms with Gasteiger partial charge in [-0.1, -0.05) is 32.0 Å². The van der Waals surface area contributed by atoms with Crippen molar-refractivity contribution in [1.82, 2.24) is 0 Å². The second-order valence-corrected chi connectivity index (χ2v) is 8.81. The number of amides is 2. The van der Waals surface area contributed by atoms with Crippen LogP contribution < -0.4 is 10.2 Å². The smallest absolute Gasteiger partial charge is 0.341 e. The van der Waals surface area contributed by atoms with Crippen LogP contribution in [0.3, 0.4) is 0 Å². The fourth-order valence-electron chi connectivity index (χ4n) is 3.84. The predicted molar refractivity (Wildman–Crippen MR) is 113 cm³/mol. The molecule has 0 bridgehead atoms. The molecule has 7 heteroatoms. The van der Waals surface area contributed by atoms with Gasteiger partial charge in [-0.15, -0.1) is 11.3 Å². The molecule has 0 saturated carbocycles. The number of ether oxygens (including phenoxy) is 1. The van der Waals surface area contributed by atoms with Gasteiger partial charge in [0.1, 0.15) is 5.00 Å². The molecule has 6 nitrogen and oxygen atoms in total. The third-order valence-electron chi connectivity index (χ3n) is 5.40. The topological polar surface area (TPSA) is 75.7 Å². The molecule has 1 aliphatic heterocycles. The van der Waals surface area contributed by atoms with Gasteiger partial charge < -0.3 is 15.0 Å². The predicted octanol–water partition coefficient (Wildman–Crippen LogP) is 3.58. The van der Waals surface area contributed by atoms with Gasteiger partial charge in [0.2, 0.25) is 5.91 Å². The SMILES string of the molecule is CC(C)C(=O)Nc1sc2c(c1C(=O)OCC(=O)N1CCc3ccccc31)CCC2. The van der Waals surface area contributed by atoms with E-state index in [1.165, 1.54) is 11.3 Å². The van der Waals surface area contributed by atoms with Crippen molar-refractivity contribution in [3.8, 4) is 0 Å². The highest BCUT2D eigenvalue weighted by molar-refractivity contribution is 7.17. The van der Waals surface area contributed by atoms with Crippen LogP contribution in [0.4, 0.5) is 10.7 Å². The Morgan fingerprint density at radius 2 is 1.97 bits per heavy atom. The highest BCUT2D eigenvalue weighted by Crippen LogP contribution is 2.39. The summed E-state index contributed by atoms with van der Waals surface area (Å²) < 4.78 is 5.41. The monoisotopic (exact) mass is 412 g/mol. The van der Waals surface area contributed by atoms with Crippen LogP contribution in [0, 0.1) is 5.92 Å². The van der Waals surface area contributed by atoms with Crippen LogP contribution in [0.15, 0.2) is 24.3 Å². The van der Waals surface area contributed by atoms with Gasteiger partial charge in [-0.25, -0.2) is 4.79 Å². The summed E-state index contributed by atoms with van der Waals surface area (Å²) in [6.45, 7) is 3.90. The molecule has 1 aromatic carbocycles. The van der Waals surface area contributed by atoms with E-state index in [2.05, 4.69) is 5.32 Å². The van der Waals surface area contributed by atoms with Crippen LogP contribution in [-0.4, -0.2) is 30.9 Å². The largest absolute Gasteiger partial charge is 0.452 e. The minimum absolute atomic E-state index is 0.135. The lowest BCUT2D eigenvalue weighted by molar-refractivity contribution is -0.121. The van der Waals surface area contributed by atoms with E-state index in [0.29, 0.717) is 17.1 Å². The number of rotatable bonds is 5. The Hall–Kier alpha value is -2.67. The van der Waals surface area contributed by atoms with Crippen LogP contribution >= 0.6 is 11.3 Å². The van der Waals surface area contributed by atoms with E-state index in [1.807, 2.05) is 24.3 Å². The van der Waals surface area contributed by atoms with Crippen molar-refractivity contribution in [1.29, 1.82) is 0 Å². The standard InChI is InChI=1S/C22H24N2O4S/c1-13(2)20(26)23-21-19(15-7-5-9-17(15)29-21)22(27)28-12-18(25)24-11-10-14-6-3-4-8-16(14)24/h3-4,6,8,13H,5,7,9-12H2,1-2H3,(H,23,26). The van der Waals surface area contributed by atoms with Crippen molar-refractivity contribution >= 4 is 39.8 Å². The summed E-state index contributed by atoms with van der Waals surface area (Å²) in [5.74, 6) is -1.09. The normalized spacial score (nSPS) is 14.7. The van der Waals surface area contributed by atoms with Gasteiger partial charge in [0.15, 0.2) is 6.61 Å². The minimum Gasteiger partial charge on any atom is -0.452 e. The first-order valence-electron chi connectivity index (χ1n) is 9.96. The molecule has 4 rings (SSSR count). The molecule has 1 aliphatic carbocycles. The van der Waals surface area contributed by atoms with E-state index >= 15 is 0 Å². The number of aryl methyl sites for hydroxylation is 1. The van der Waals surface area contributed by atoms with Crippen LogP contribution in [0.2, 0.25) is 0 Å². The summed E-state index contributed by atoms with van der Waals surface area (Å²) in [7, 11) is 0. The fraction of sp³-hybridized carbons (Fsp3) is 0.409. The first kappa shape index (κ1) is 19.6. The maximum Gasteiger partial charge on any atom is 0.341 e. The Bertz CT molecular complexity index is 979. The zero-order valence-electron chi connectivity index (χ0n) is 16.6. The van der Waals surface area contributed by atoms with E-state index in [1.54, 1.807) is 18.7 Å². The number of hydrogen-bond donors (Lipinski definition) is 1. The number of nitrogens with zero attached hydrogens (tertiary/aromatic N) is 1. The summed E-state index contributed by atoms with van der Waals surface area (Å²) in [4.78, 5) is 40.5. The second-order valence-electron chi connectivity index (χ2n) is 7.71. The third kappa shape index (κ3) is 3.79. The third-order valence-corrected chi connectivity index (χ3v) is 6.61. The van der Waals surface area contributed by atoms with Crippen LogP contribution in [0.25, 0.3) is 0 Å². The molecule has 2 aliphatic rings. The van der Waals surface area contributed by atoms with Crippen molar-refractivity contribution in [2.75, 3.05) is 23.4 Å². The van der Waals surface area contributed by atoms with Crippen molar-refractivity contribution in [2.24, 2.45) is 5.92 Å². The van der Waals surface area contributed by atoms with Crippen LogP contribution in [-0.2, 0) is 33.6 Å². The molecule has 0 saturated heterocycles. The molecule has 29 heavy (non-hydrogen) atoms. The molecular weight excluding hydrogens is 388 g/mol. The summed E-state index contributed by atoms with van der Waals surface area (Å²) in [5.41, 5.74) is 3.39. The van der Waals surface area contributed by atoms with E-state index in [9.17, 15) is 14.4 Å². The van der Waals surface area contributed by atoms with E-state index in [0.717, 1.165) is 47.4 Å². The number of nitrogens with one attached hydrogen (secondary N) is 1. The highest BCUT2D eigenvalue weighted by atomic mass is 32.1. The van der Waals surface area contributed by atoms with Gasteiger partial charge in [-0.3, -0.25) is 9.59 Å². The lowest BCUT2D eigenvalue weighted by Crippen LogP contribution is -2.33. The van der Waals surface area contributed by atoms with Gasteiger partial charge >= 0.3 is 5.97 Å². The zero-order valence-corrected chi connectivity index (χ0v) is 17.4. The number of carbonyl (C=O) groups is 3. The van der Waals surface area contributed by atoms with E-state index in [4.69, 9.17) is 4.74 Å². The van der Waals surface area contributed by atoms with Crippen molar-refractivity contribution in [3.05, 3.63) is 45.8 Å². The van der Waals surface area contributed by atoms with Gasteiger partial charge in [-0.05, 0) is 42.9 Å². The summed E-state index contributed by atoms with van der Waals surface area (Å²) in [6, 6.07) is 7.77. The summed E-state index contributed by atoms with van der Waals surface area (Å²) in [6.07, 6.45) is 3.49. The van der Waals surface area contributed by atoms with Gasteiger partial charge in [0.25, 0.3) is 5.91 Å². The Balaban J connectivity index is 1.48. The Labute approximate surface area is 173 Å². The number of hydrogen-bond acceptors (Lipinski definition) is 5. The molecule has 1 N–H and O–H groups in total. The first-order chi connectivity index (χ1) is 14.0. The minimum atomic E-state index is -0.538. The molecule has 0 fully saturated rings. The molecule has 152 valence electrons. The van der Waals surface area contributed by atoms with E-state index < -0.39 is 5.97 Å². The molecule has 2 heterocycles. The number of esters is 1. The van der Waals surface area contributed by atoms with Crippen LogP contribution in [0.1, 0.15) is 46.6 Å². The zero-order chi connectivity index (χ0) is 20.5. The summed E-state index contributed by atoms with van der Waals surface area (Å²) >= 11 is 1.44. The Morgan fingerprint density at radius 3 is 2.76 bits per heavy atom. The molecule has 0 atom stereocenters. The number of para-hydroxylation sites is 1. The van der Waals surface area contributed by atoms with Crippen LogP contribution in [0.5, 0.6) is 0 Å². The lowest BCUT2D eigenvalue weighted by Gasteiger charge is -2.17. The summed E-state index contributed by atoms with van der Waals surface area (Å²) in [5, 5.41) is 3.40.